The number of amides is 1. The molecule has 0 bridgehead atoms. The minimum absolute atomic E-state index is 0.0812. The monoisotopic (exact) mass is 377 g/mol. The van der Waals surface area contributed by atoms with Crippen molar-refractivity contribution < 1.29 is 14.3 Å². The van der Waals surface area contributed by atoms with E-state index < -0.39 is 11.9 Å². The van der Waals surface area contributed by atoms with E-state index in [1.807, 2.05) is 0 Å². The first-order valence-corrected chi connectivity index (χ1v) is 8.76. The SMILES string of the molecule is C=CCSc1ncc(Cl)c(C(=O)Nc2ccc(C(=O)OCC)cc2)n1. The lowest BCUT2D eigenvalue weighted by Gasteiger charge is -2.08. The second-order valence-electron chi connectivity index (χ2n) is 4.70. The number of benzene rings is 1. The number of nitrogens with zero attached hydrogens (tertiary/aromatic N) is 2. The first kappa shape index (κ1) is 19.0. The molecule has 25 heavy (non-hydrogen) atoms. The number of hydrogen-bond acceptors (Lipinski definition) is 6. The van der Waals surface area contributed by atoms with Crippen LogP contribution in [0.4, 0.5) is 5.69 Å². The van der Waals surface area contributed by atoms with Crippen molar-refractivity contribution >= 4 is 40.9 Å². The van der Waals surface area contributed by atoms with Crippen molar-refractivity contribution in [2.45, 2.75) is 12.1 Å². The van der Waals surface area contributed by atoms with Crippen LogP contribution in [0.25, 0.3) is 0 Å². The number of hydrogen-bond donors (Lipinski definition) is 1. The third-order valence-electron chi connectivity index (χ3n) is 2.92. The van der Waals surface area contributed by atoms with Crippen LogP contribution in [0.15, 0.2) is 48.3 Å². The van der Waals surface area contributed by atoms with Crippen molar-refractivity contribution in [2.24, 2.45) is 0 Å². The van der Waals surface area contributed by atoms with Gasteiger partial charge in [-0.05, 0) is 31.2 Å². The number of ether oxygens (including phenoxy) is 1. The van der Waals surface area contributed by atoms with Crippen LogP contribution in [0.5, 0.6) is 0 Å². The van der Waals surface area contributed by atoms with Gasteiger partial charge in [-0.3, -0.25) is 4.79 Å². The number of carbonyl (C=O) groups excluding carboxylic acids is 2. The zero-order chi connectivity index (χ0) is 18.2. The van der Waals surface area contributed by atoms with Gasteiger partial charge in [-0.1, -0.05) is 29.4 Å². The third kappa shape index (κ3) is 5.30. The molecule has 0 atom stereocenters. The molecule has 0 fully saturated rings. The van der Waals surface area contributed by atoms with E-state index in [0.29, 0.717) is 28.8 Å². The van der Waals surface area contributed by atoms with Crippen LogP contribution in [0, 0.1) is 0 Å². The molecule has 1 aromatic carbocycles. The lowest BCUT2D eigenvalue weighted by Crippen LogP contribution is -2.15. The van der Waals surface area contributed by atoms with E-state index in [9.17, 15) is 9.59 Å². The maximum Gasteiger partial charge on any atom is 0.338 e. The van der Waals surface area contributed by atoms with Gasteiger partial charge in [0, 0.05) is 11.4 Å². The normalized spacial score (nSPS) is 10.2. The molecule has 1 aromatic heterocycles. The maximum atomic E-state index is 12.4. The predicted molar refractivity (Wildman–Crippen MR) is 98.3 cm³/mol. The average Bonchev–Trinajstić information content (AvgIpc) is 2.61. The van der Waals surface area contributed by atoms with E-state index in [2.05, 4.69) is 21.9 Å². The second kappa shape index (κ2) is 9.19. The largest absolute Gasteiger partial charge is 0.462 e. The highest BCUT2D eigenvalue weighted by Crippen LogP contribution is 2.20. The van der Waals surface area contributed by atoms with Gasteiger partial charge in [0.25, 0.3) is 5.91 Å². The Hall–Kier alpha value is -2.38. The predicted octanol–water partition coefficient (Wildman–Crippen LogP) is 3.84. The molecule has 2 rings (SSSR count). The van der Waals surface area contributed by atoms with Gasteiger partial charge >= 0.3 is 5.97 Å². The highest BCUT2D eigenvalue weighted by molar-refractivity contribution is 7.99. The molecule has 130 valence electrons. The summed E-state index contributed by atoms with van der Waals surface area (Å²) in [5.74, 6) is -0.252. The molecule has 0 aliphatic rings. The average molecular weight is 378 g/mol. The van der Waals surface area contributed by atoms with Gasteiger partial charge in [-0.15, -0.1) is 6.58 Å². The van der Waals surface area contributed by atoms with Gasteiger partial charge in [-0.25, -0.2) is 14.8 Å². The molecule has 0 aliphatic heterocycles. The quantitative estimate of drug-likeness (QED) is 0.342. The van der Waals surface area contributed by atoms with Crippen molar-refractivity contribution in [3.05, 3.63) is 59.4 Å². The third-order valence-corrected chi connectivity index (χ3v) is 4.06. The summed E-state index contributed by atoms with van der Waals surface area (Å²) in [6, 6.07) is 6.35. The summed E-state index contributed by atoms with van der Waals surface area (Å²) < 4.78 is 4.91. The Kier molecular flexibility index (Phi) is 6.97. The number of thioether (sulfide) groups is 1. The van der Waals surface area contributed by atoms with E-state index >= 15 is 0 Å². The lowest BCUT2D eigenvalue weighted by molar-refractivity contribution is 0.0526. The summed E-state index contributed by atoms with van der Waals surface area (Å²) in [6.07, 6.45) is 3.10. The lowest BCUT2D eigenvalue weighted by atomic mass is 10.2. The van der Waals surface area contributed by atoms with Gasteiger partial charge in [0.05, 0.1) is 23.4 Å². The molecule has 0 spiro atoms. The van der Waals surface area contributed by atoms with Crippen molar-refractivity contribution in [2.75, 3.05) is 17.7 Å². The number of rotatable bonds is 7. The number of esters is 1. The van der Waals surface area contributed by atoms with Crippen molar-refractivity contribution in [3.8, 4) is 0 Å². The number of aromatic nitrogens is 2. The first-order chi connectivity index (χ1) is 12.0. The minimum atomic E-state index is -0.461. The summed E-state index contributed by atoms with van der Waals surface area (Å²) in [6.45, 7) is 5.66. The van der Waals surface area contributed by atoms with Gasteiger partial charge in [0.2, 0.25) is 0 Å². The van der Waals surface area contributed by atoms with E-state index in [1.165, 1.54) is 18.0 Å². The molecular weight excluding hydrogens is 362 g/mol. The maximum absolute atomic E-state index is 12.4. The zero-order valence-corrected chi connectivity index (χ0v) is 15.1. The van der Waals surface area contributed by atoms with Crippen LogP contribution in [-0.2, 0) is 4.74 Å². The Balaban J connectivity index is 2.11. The molecule has 0 radical (unpaired) electrons. The molecule has 0 saturated heterocycles. The molecule has 0 saturated carbocycles. The smallest absolute Gasteiger partial charge is 0.338 e. The fourth-order valence-corrected chi connectivity index (χ4v) is 2.53. The topological polar surface area (TPSA) is 81.2 Å². The fourth-order valence-electron chi connectivity index (χ4n) is 1.81. The molecule has 0 aliphatic carbocycles. The summed E-state index contributed by atoms with van der Waals surface area (Å²) in [5.41, 5.74) is 0.994. The van der Waals surface area contributed by atoms with Crippen LogP contribution >= 0.6 is 23.4 Å². The standard InChI is InChI=1S/C17H16ClN3O3S/c1-3-9-25-17-19-10-13(18)14(21-17)15(22)20-12-7-5-11(6-8-12)16(23)24-4-2/h3,5-8,10H,1,4,9H2,2H3,(H,20,22). The van der Waals surface area contributed by atoms with Crippen molar-refractivity contribution in [1.29, 1.82) is 0 Å². The van der Waals surface area contributed by atoms with Gasteiger partial charge in [-0.2, -0.15) is 0 Å². The van der Waals surface area contributed by atoms with Crippen LogP contribution in [0.1, 0.15) is 27.8 Å². The number of anilines is 1. The van der Waals surface area contributed by atoms with E-state index in [-0.39, 0.29) is 10.7 Å². The molecule has 0 unspecified atom stereocenters. The molecule has 1 N–H and O–H groups in total. The number of nitrogens with one attached hydrogen (secondary N) is 1. The summed E-state index contributed by atoms with van der Waals surface area (Å²) in [4.78, 5) is 32.2. The Morgan fingerprint density at radius 2 is 2.08 bits per heavy atom. The first-order valence-electron chi connectivity index (χ1n) is 7.40. The summed E-state index contributed by atoms with van der Waals surface area (Å²) in [7, 11) is 0. The van der Waals surface area contributed by atoms with E-state index in [4.69, 9.17) is 16.3 Å². The van der Waals surface area contributed by atoms with Crippen LogP contribution in [0.2, 0.25) is 5.02 Å². The van der Waals surface area contributed by atoms with Crippen LogP contribution < -0.4 is 5.32 Å². The van der Waals surface area contributed by atoms with Crippen LogP contribution in [0.3, 0.4) is 0 Å². The summed E-state index contributed by atoms with van der Waals surface area (Å²) in [5, 5.41) is 3.28. The molecule has 6 nitrogen and oxygen atoms in total. The number of halogens is 1. The second-order valence-corrected chi connectivity index (χ2v) is 6.10. The highest BCUT2D eigenvalue weighted by Gasteiger charge is 2.15. The van der Waals surface area contributed by atoms with Gasteiger partial charge in [0.15, 0.2) is 10.9 Å². The number of carbonyl (C=O) groups is 2. The van der Waals surface area contributed by atoms with Gasteiger partial charge < -0.3 is 10.1 Å². The molecule has 1 amide bonds. The Morgan fingerprint density at radius 1 is 1.36 bits per heavy atom. The molecular formula is C17H16ClN3O3S. The fraction of sp³-hybridized carbons (Fsp3) is 0.176. The highest BCUT2D eigenvalue weighted by atomic mass is 35.5. The summed E-state index contributed by atoms with van der Waals surface area (Å²) >= 11 is 7.36. The van der Waals surface area contributed by atoms with Crippen molar-refractivity contribution in [3.63, 3.8) is 0 Å². The zero-order valence-electron chi connectivity index (χ0n) is 13.5. The molecule has 8 heteroatoms. The van der Waals surface area contributed by atoms with Crippen molar-refractivity contribution in [1.82, 2.24) is 9.97 Å². The Labute approximate surface area is 154 Å². The Bertz CT molecular complexity index is 781. The van der Waals surface area contributed by atoms with E-state index in [0.717, 1.165) is 0 Å². The minimum Gasteiger partial charge on any atom is -0.462 e. The van der Waals surface area contributed by atoms with E-state index in [1.54, 1.807) is 37.3 Å². The van der Waals surface area contributed by atoms with Gasteiger partial charge in [0.1, 0.15) is 0 Å². The molecule has 1 heterocycles. The molecule has 2 aromatic rings. The Morgan fingerprint density at radius 3 is 2.72 bits per heavy atom. The van der Waals surface area contributed by atoms with Crippen LogP contribution in [-0.4, -0.2) is 34.2 Å².